The number of halogens is 5. The van der Waals surface area contributed by atoms with E-state index >= 15 is 0 Å². The molecule has 0 aliphatic heterocycles. The van der Waals surface area contributed by atoms with Gasteiger partial charge in [0.25, 0.3) is 6.43 Å². The number of hydrogen-bond acceptors (Lipinski definition) is 3. The predicted molar refractivity (Wildman–Crippen MR) is 54.7 cm³/mol. The zero-order chi connectivity index (χ0) is 14.8. The third kappa shape index (κ3) is 3.62. The molecule has 0 aliphatic rings. The summed E-state index contributed by atoms with van der Waals surface area (Å²) in [6.45, 7) is 1.16. The molecular weight excluding hydrogens is 273 g/mol. The normalized spacial score (nSPS) is 11.8. The van der Waals surface area contributed by atoms with Crippen LogP contribution in [0.25, 0.3) is 0 Å². The maximum absolute atomic E-state index is 12.7. The fourth-order valence-corrected chi connectivity index (χ4v) is 1.48. The van der Waals surface area contributed by atoms with E-state index in [1.807, 2.05) is 0 Å². The Bertz CT molecular complexity index is 485. The number of alkyl halides is 5. The van der Waals surface area contributed by atoms with Crippen LogP contribution in [0.15, 0.2) is 6.07 Å². The predicted octanol–water partition coefficient (Wildman–Crippen LogP) is 3.06. The van der Waals surface area contributed by atoms with Gasteiger partial charge in [0, 0.05) is 11.3 Å². The lowest BCUT2D eigenvalue weighted by Gasteiger charge is -2.15. The van der Waals surface area contributed by atoms with Gasteiger partial charge in [0.2, 0.25) is 0 Å². The van der Waals surface area contributed by atoms with Crippen molar-refractivity contribution in [2.45, 2.75) is 25.9 Å². The van der Waals surface area contributed by atoms with Gasteiger partial charge < -0.3 is 4.74 Å². The summed E-state index contributed by atoms with van der Waals surface area (Å²) in [7, 11) is 1.01. The van der Waals surface area contributed by atoms with Crippen LogP contribution >= 0.6 is 0 Å². The number of nitrogens with zero attached hydrogens (tertiary/aromatic N) is 1. The smallest absolute Gasteiger partial charge is 0.418 e. The molecule has 0 atom stereocenters. The molecule has 19 heavy (non-hydrogen) atoms. The van der Waals surface area contributed by atoms with Crippen LogP contribution in [0, 0.1) is 6.92 Å². The first-order valence-corrected chi connectivity index (χ1v) is 5.09. The summed E-state index contributed by atoms with van der Waals surface area (Å²) in [5, 5.41) is 0. The first kappa shape index (κ1) is 15.3. The molecule has 0 aliphatic carbocycles. The summed E-state index contributed by atoms with van der Waals surface area (Å²) in [5.41, 5.74) is -3.03. The molecular formula is C11H10F5NO2. The Hall–Kier alpha value is -1.73. The van der Waals surface area contributed by atoms with Crippen molar-refractivity contribution in [2.75, 3.05) is 7.11 Å². The minimum absolute atomic E-state index is 0.248. The van der Waals surface area contributed by atoms with Crippen LogP contribution in [0.5, 0.6) is 0 Å². The monoisotopic (exact) mass is 283 g/mol. The third-order valence-electron chi connectivity index (χ3n) is 2.41. The van der Waals surface area contributed by atoms with Crippen molar-refractivity contribution in [3.05, 3.63) is 28.6 Å². The number of aryl methyl sites for hydroxylation is 1. The molecule has 0 aromatic carbocycles. The number of pyridine rings is 1. The Balaban J connectivity index is 3.37. The number of aromatic nitrogens is 1. The van der Waals surface area contributed by atoms with Crippen molar-refractivity contribution in [1.82, 2.24) is 4.98 Å². The Morgan fingerprint density at radius 1 is 1.42 bits per heavy atom. The van der Waals surface area contributed by atoms with Crippen molar-refractivity contribution in [1.29, 1.82) is 0 Å². The van der Waals surface area contributed by atoms with Gasteiger partial charge in [-0.2, -0.15) is 13.2 Å². The summed E-state index contributed by atoms with van der Waals surface area (Å²) in [5.74, 6) is -0.929. The second-order valence-electron chi connectivity index (χ2n) is 3.71. The van der Waals surface area contributed by atoms with Crippen molar-refractivity contribution in [3.8, 4) is 0 Å². The molecule has 0 radical (unpaired) electrons. The zero-order valence-corrected chi connectivity index (χ0v) is 10.0. The average molecular weight is 283 g/mol. The van der Waals surface area contributed by atoms with E-state index in [1.165, 1.54) is 0 Å². The number of methoxy groups -OCH3 is 1. The van der Waals surface area contributed by atoms with E-state index in [0.29, 0.717) is 6.07 Å². The van der Waals surface area contributed by atoms with Crippen LogP contribution in [0.4, 0.5) is 22.0 Å². The Morgan fingerprint density at radius 2 is 2.00 bits per heavy atom. The number of carbonyl (C=O) groups is 1. The van der Waals surface area contributed by atoms with E-state index in [2.05, 4.69) is 9.72 Å². The molecule has 0 fully saturated rings. The summed E-state index contributed by atoms with van der Waals surface area (Å²) >= 11 is 0. The standard InChI is InChI=1S/C11H10F5NO2/c1-5-6(10(12)13)3-7(11(14,15)16)8(17-5)4-9(18)19-2/h3,10H,4H2,1-2H3. The number of rotatable bonds is 3. The molecule has 106 valence electrons. The minimum atomic E-state index is -4.87. The summed E-state index contributed by atoms with van der Waals surface area (Å²) in [4.78, 5) is 14.5. The molecule has 1 rings (SSSR count). The first-order valence-electron chi connectivity index (χ1n) is 5.09. The molecule has 0 saturated heterocycles. The molecule has 3 nitrogen and oxygen atoms in total. The van der Waals surface area contributed by atoms with Crippen molar-refractivity contribution >= 4 is 5.97 Å². The van der Waals surface area contributed by atoms with Gasteiger partial charge in [0.15, 0.2) is 0 Å². The van der Waals surface area contributed by atoms with E-state index in [1.54, 1.807) is 0 Å². The lowest BCUT2D eigenvalue weighted by molar-refractivity contribution is -0.141. The number of esters is 1. The lowest BCUT2D eigenvalue weighted by atomic mass is 10.1. The molecule has 0 saturated carbocycles. The fraction of sp³-hybridized carbons (Fsp3) is 0.455. The Morgan fingerprint density at radius 3 is 2.42 bits per heavy atom. The highest BCUT2D eigenvalue weighted by Gasteiger charge is 2.36. The lowest BCUT2D eigenvalue weighted by Crippen LogP contribution is -2.17. The SMILES string of the molecule is COC(=O)Cc1nc(C)c(C(F)F)cc1C(F)(F)F. The largest absolute Gasteiger partial charge is 0.469 e. The van der Waals surface area contributed by atoms with Crippen LogP contribution in [0.2, 0.25) is 0 Å². The van der Waals surface area contributed by atoms with Crippen molar-refractivity contribution in [2.24, 2.45) is 0 Å². The van der Waals surface area contributed by atoms with Gasteiger partial charge in [-0.1, -0.05) is 0 Å². The quantitative estimate of drug-likeness (QED) is 0.632. The van der Waals surface area contributed by atoms with Gasteiger partial charge in [0.1, 0.15) is 0 Å². The molecule has 1 aromatic heterocycles. The van der Waals surface area contributed by atoms with Gasteiger partial charge >= 0.3 is 12.1 Å². The minimum Gasteiger partial charge on any atom is -0.469 e. The highest BCUT2D eigenvalue weighted by molar-refractivity contribution is 5.72. The summed E-state index contributed by atoms with van der Waals surface area (Å²) in [6, 6.07) is 0.325. The van der Waals surface area contributed by atoms with Crippen LogP contribution in [0.3, 0.4) is 0 Å². The van der Waals surface area contributed by atoms with Gasteiger partial charge in [-0.05, 0) is 13.0 Å². The fourth-order valence-electron chi connectivity index (χ4n) is 1.48. The van der Waals surface area contributed by atoms with Gasteiger partial charge in [-0.15, -0.1) is 0 Å². The topological polar surface area (TPSA) is 39.2 Å². The van der Waals surface area contributed by atoms with E-state index in [0.717, 1.165) is 14.0 Å². The van der Waals surface area contributed by atoms with E-state index < -0.39 is 41.8 Å². The van der Waals surface area contributed by atoms with E-state index in [4.69, 9.17) is 0 Å². The zero-order valence-electron chi connectivity index (χ0n) is 10.0. The molecule has 8 heteroatoms. The second kappa shape index (κ2) is 5.50. The van der Waals surface area contributed by atoms with E-state index in [-0.39, 0.29) is 5.69 Å². The maximum Gasteiger partial charge on any atom is 0.418 e. The van der Waals surface area contributed by atoms with E-state index in [9.17, 15) is 26.7 Å². The maximum atomic E-state index is 12.7. The molecule has 0 amide bonds. The molecule has 0 bridgehead atoms. The number of ether oxygens (including phenoxy) is 1. The summed E-state index contributed by atoms with van der Waals surface area (Å²) < 4.78 is 67.6. The number of carbonyl (C=O) groups excluding carboxylic acids is 1. The molecule has 1 heterocycles. The van der Waals surface area contributed by atoms with Crippen LogP contribution in [-0.4, -0.2) is 18.1 Å². The first-order chi connectivity index (χ1) is 8.66. The van der Waals surface area contributed by atoms with Crippen molar-refractivity contribution in [3.63, 3.8) is 0 Å². The highest BCUT2D eigenvalue weighted by atomic mass is 19.4. The average Bonchev–Trinajstić information content (AvgIpc) is 2.26. The molecule has 1 aromatic rings. The second-order valence-corrected chi connectivity index (χ2v) is 3.71. The molecule has 0 spiro atoms. The third-order valence-corrected chi connectivity index (χ3v) is 2.41. The summed E-state index contributed by atoms with van der Waals surface area (Å²) in [6.07, 6.45) is -8.66. The van der Waals surface area contributed by atoms with Crippen LogP contribution < -0.4 is 0 Å². The molecule has 0 N–H and O–H groups in total. The van der Waals surface area contributed by atoms with Gasteiger partial charge in [-0.25, -0.2) is 8.78 Å². The van der Waals surface area contributed by atoms with Gasteiger partial charge in [-0.3, -0.25) is 9.78 Å². The highest BCUT2D eigenvalue weighted by Crippen LogP contribution is 2.35. The Kier molecular flexibility index (Phi) is 4.43. The van der Waals surface area contributed by atoms with Gasteiger partial charge in [0.05, 0.1) is 24.8 Å². The van der Waals surface area contributed by atoms with Crippen LogP contribution in [0.1, 0.15) is 28.9 Å². The molecule has 0 unspecified atom stereocenters. The van der Waals surface area contributed by atoms with Crippen LogP contribution in [-0.2, 0) is 22.1 Å². The Labute approximate surface area is 105 Å². The van der Waals surface area contributed by atoms with Crippen molar-refractivity contribution < 1.29 is 31.5 Å². The number of hydrogen-bond donors (Lipinski definition) is 0.